The van der Waals surface area contributed by atoms with Gasteiger partial charge in [-0.15, -0.1) is 0 Å². The van der Waals surface area contributed by atoms with Gasteiger partial charge in [-0.25, -0.2) is 8.42 Å². The van der Waals surface area contributed by atoms with Crippen LogP contribution in [0.25, 0.3) is 10.9 Å². The van der Waals surface area contributed by atoms with Gasteiger partial charge in [0.1, 0.15) is 0 Å². The first-order valence-corrected chi connectivity index (χ1v) is 13.4. The van der Waals surface area contributed by atoms with E-state index < -0.39 is 10.0 Å². The summed E-state index contributed by atoms with van der Waals surface area (Å²) < 4.78 is 27.8. The molecule has 1 aliphatic heterocycles. The third kappa shape index (κ3) is 4.44. The number of anilines is 1. The van der Waals surface area contributed by atoms with Crippen LogP contribution in [0.15, 0.2) is 47.4 Å². The van der Waals surface area contributed by atoms with Gasteiger partial charge in [0.2, 0.25) is 10.0 Å². The Morgan fingerprint density at radius 3 is 2.64 bits per heavy atom. The Morgan fingerprint density at radius 2 is 1.85 bits per heavy atom. The molecule has 1 unspecified atom stereocenters. The van der Waals surface area contributed by atoms with Gasteiger partial charge in [0.05, 0.1) is 4.90 Å². The van der Waals surface area contributed by atoms with E-state index in [0.29, 0.717) is 30.3 Å². The monoisotopic (exact) mass is 465 g/mol. The number of benzene rings is 2. The van der Waals surface area contributed by atoms with Crippen LogP contribution in [0.4, 0.5) is 5.69 Å². The minimum Gasteiger partial charge on any atom is -0.358 e. The van der Waals surface area contributed by atoms with Crippen molar-refractivity contribution < 1.29 is 13.2 Å². The van der Waals surface area contributed by atoms with Crippen molar-refractivity contribution >= 4 is 32.5 Å². The van der Waals surface area contributed by atoms with Crippen LogP contribution in [0.2, 0.25) is 0 Å². The molecule has 1 fully saturated rings. The highest BCUT2D eigenvalue weighted by Crippen LogP contribution is 2.32. The predicted molar refractivity (Wildman–Crippen MR) is 131 cm³/mol. The average molecular weight is 466 g/mol. The molecule has 5 rings (SSSR count). The normalized spacial score (nSPS) is 19.7. The van der Waals surface area contributed by atoms with Crippen molar-refractivity contribution in [3.8, 4) is 0 Å². The minimum atomic E-state index is -3.57. The van der Waals surface area contributed by atoms with Crippen LogP contribution < -0.4 is 5.32 Å². The molecule has 3 aromatic rings. The van der Waals surface area contributed by atoms with E-state index in [0.717, 1.165) is 49.4 Å². The fraction of sp³-hybridized carbons (Fsp3) is 0.423. The number of fused-ring (bicyclic) bond motifs is 3. The second-order valence-electron chi connectivity index (χ2n) is 9.49. The maximum Gasteiger partial charge on any atom is 0.255 e. The zero-order valence-corrected chi connectivity index (χ0v) is 19.9. The van der Waals surface area contributed by atoms with Gasteiger partial charge in [0, 0.05) is 40.9 Å². The molecule has 33 heavy (non-hydrogen) atoms. The molecule has 174 valence electrons. The Hall–Kier alpha value is -2.64. The van der Waals surface area contributed by atoms with Gasteiger partial charge in [-0.05, 0) is 80.0 Å². The van der Waals surface area contributed by atoms with E-state index >= 15 is 0 Å². The Morgan fingerprint density at radius 1 is 1.06 bits per heavy atom. The molecular formula is C26H31N3O3S. The molecule has 0 radical (unpaired) electrons. The van der Waals surface area contributed by atoms with E-state index in [1.165, 1.54) is 17.7 Å². The summed E-state index contributed by atoms with van der Waals surface area (Å²) in [6, 6.07) is 12.3. The summed E-state index contributed by atoms with van der Waals surface area (Å²) in [5, 5.41) is 4.01. The van der Waals surface area contributed by atoms with Crippen LogP contribution >= 0.6 is 0 Å². The molecule has 1 atom stereocenters. The molecule has 2 N–H and O–H groups in total. The van der Waals surface area contributed by atoms with Crippen molar-refractivity contribution in [2.24, 2.45) is 5.92 Å². The molecule has 2 heterocycles. The van der Waals surface area contributed by atoms with E-state index in [-0.39, 0.29) is 10.8 Å². The first kappa shape index (κ1) is 22.2. The summed E-state index contributed by atoms with van der Waals surface area (Å²) in [4.78, 5) is 16.8. The van der Waals surface area contributed by atoms with Crippen molar-refractivity contribution in [2.45, 2.75) is 56.8 Å². The van der Waals surface area contributed by atoms with Gasteiger partial charge >= 0.3 is 0 Å². The topological polar surface area (TPSA) is 82.3 Å². The Labute approximate surface area is 195 Å². The SMILES string of the molecule is CC1CCc2[nH]c3ccc(C(=O)Nc4cccc(S(=O)(=O)N5CCCCCC5)c4)cc3c2C1. The molecule has 1 aliphatic carbocycles. The Balaban J connectivity index is 1.38. The lowest BCUT2D eigenvalue weighted by Crippen LogP contribution is -2.32. The number of rotatable bonds is 4. The lowest BCUT2D eigenvalue weighted by atomic mass is 9.87. The van der Waals surface area contributed by atoms with Crippen LogP contribution in [0.5, 0.6) is 0 Å². The predicted octanol–water partition coefficient (Wildman–Crippen LogP) is 5.11. The fourth-order valence-corrected chi connectivity index (χ4v) is 6.66. The van der Waals surface area contributed by atoms with Gasteiger partial charge in [-0.3, -0.25) is 4.79 Å². The zero-order chi connectivity index (χ0) is 23.0. The van der Waals surface area contributed by atoms with Crippen LogP contribution in [0.1, 0.15) is 60.6 Å². The van der Waals surface area contributed by atoms with Crippen molar-refractivity contribution in [1.82, 2.24) is 9.29 Å². The number of nitrogens with one attached hydrogen (secondary N) is 2. The number of carbonyl (C=O) groups is 1. The summed E-state index contributed by atoms with van der Waals surface area (Å²) in [5.74, 6) is 0.405. The smallest absolute Gasteiger partial charge is 0.255 e. The molecule has 0 spiro atoms. The average Bonchev–Trinajstić information content (AvgIpc) is 2.97. The maximum absolute atomic E-state index is 13.1. The summed E-state index contributed by atoms with van der Waals surface area (Å²) >= 11 is 0. The minimum absolute atomic E-state index is 0.228. The van der Waals surface area contributed by atoms with Gasteiger partial charge in [0.25, 0.3) is 5.91 Å². The Bertz CT molecular complexity index is 1290. The standard InChI is InChI=1S/C26H31N3O3S/c1-18-9-11-24-22(15-18)23-16-19(10-12-25(23)28-24)26(30)27-20-7-6-8-21(17-20)33(31,32)29-13-4-2-3-5-14-29/h6-8,10,12,16-18,28H,2-5,9,11,13-15H2,1H3,(H,27,30). The van der Waals surface area contributed by atoms with E-state index in [1.54, 1.807) is 28.6 Å². The third-order valence-electron chi connectivity index (χ3n) is 6.99. The van der Waals surface area contributed by atoms with Gasteiger partial charge in [0.15, 0.2) is 0 Å². The van der Waals surface area contributed by atoms with Crippen LogP contribution in [-0.2, 0) is 22.9 Å². The maximum atomic E-state index is 13.1. The molecule has 6 nitrogen and oxygen atoms in total. The number of carbonyl (C=O) groups excluding carboxylic acids is 1. The van der Waals surface area contributed by atoms with Gasteiger partial charge < -0.3 is 10.3 Å². The number of sulfonamides is 1. The number of aromatic amines is 1. The highest BCUT2D eigenvalue weighted by Gasteiger charge is 2.25. The van der Waals surface area contributed by atoms with Crippen LogP contribution in [-0.4, -0.2) is 36.7 Å². The van der Waals surface area contributed by atoms with Crippen molar-refractivity contribution in [3.63, 3.8) is 0 Å². The number of aryl methyl sites for hydroxylation is 1. The molecule has 1 amide bonds. The molecule has 0 bridgehead atoms. The molecule has 1 aromatic heterocycles. The van der Waals surface area contributed by atoms with E-state index in [2.05, 4.69) is 17.2 Å². The summed E-state index contributed by atoms with van der Waals surface area (Å²) in [6.45, 7) is 3.38. The van der Waals surface area contributed by atoms with Crippen molar-refractivity contribution in [3.05, 3.63) is 59.3 Å². The molecule has 2 aromatic carbocycles. The second-order valence-corrected chi connectivity index (χ2v) is 11.4. The molecule has 2 aliphatic rings. The number of nitrogens with zero attached hydrogens (tertiary/aromatic N) is 1. The zero-order valence-electron chi connectivity index (χ0n) is 19.1. The van der Waals surface area contributed by atoms with E-state index in [9.17, 15) is 13.2 Å². The van der Waals surface area contributed by atoms with Crippen molar-refractivity contribution in [2.75, 3.05) is 18.4 Å². The highest BCUT2D eigenvalue weighted by molar-refractivity contribution is 7.89. The molecule has 0 saturated carbocycles. The van der Waals surface area contributed by atoms with Crippen LogP contribution in [0, 0.1) is 5.92 Å². The first-order valence-electron chi connectivity index (χ1n) is 12.0. The van der Waals surface area contributed by atoms with E-state index in [1.807, 2.05) is 18.2 Å². The Kier molecular flexibility index (Phi) is 6.01. The number of hydrogen-bond acceptors (Lipinski definition) is 3. The van der Waals surface area contributed by atoms with Gasteiger partial charge in [-0.2, -0.15) is 4.31 Å². The molecule has 1 saturated heterocycles. The van der Waals surface area contributed by atoms with Crippen molar-refractivity contribution in [1.29, 1.82) is 0 Å². The number of aromatic nitrogens is 1. The van der Waals surface area contributed by atoms with Crippen LogP contribution in [0.3, 0.4) is 0 Å². The molecule has 7 heteroatoms. The number of hydrogen-bond donors (Lipinski definition) is 2. The highest BCUT2D eigenvalue weighted by atomic mass is 32.2. The summed E-state index contributed by atoms with van der Waals surface area (Å²) in [6.07, 6.45) is 7.16. The number of amides is 1. The lowest BCUT2D eigenvalue weighted by Gasteiger charge is -2.20. The first-order chi connectivity index (χ1) is 15.9. The number of H-pyrrole nitrogens is 1. The molecular weight excluding hydrogens is 434 g/mol. The largest absolute Gasteiger partial charge is 0.358 e. The summed E-state index contributed by atoms with van der Waals surface area (Å²) in [7, 11) is -3.57. The third-order valence-corrected chi connectivity index (χ3v) is 8.89. The summed E-state index contributed by atoms with van der Waals surface area (Å²) in [5.41, 5.74) is 4.73. The van der Waals surface area contributed by atoms with Gasteiger partial charge in [-0.1, -0.05) is 25.8 Å². The lowest BCUT2D eigenvalue weighted by molar-refractivity contribution is 0.102. The second kappa shape index (κ2) is 8.95. The van der Waals surface area contributed by atoms with E-state index in [4.69, 9.17) is 0 Å². The fourth-order valence-electron chi connectivity index (χ4n) is 5.10. The quantitative estimate of drug-likeness (QED) is 0.562.